The van der Waals surface area contributed by atoms with Crippen molar-refractivity contribution < 1.29 is 7.59 Å². The van der Waals surface area contributed by atoms with Crippen LogP contribution in [0.4, 0.5) is 5.13 Å². The minimum Gasteiger partial charge on any atom is -0.497 e. The monoisotopic (exact) mass is 355 g/mol. The fourth-order valence-corrected chi connectivity index (χ4v) is 3.75. The van der Waals surface area contributed by atoms with Crippen molar-refractivity contribution in [2.75, 3.05) is 19.0 Å². The Bertz CT molecular complexity index is 604. The van der Waals surface area contributed by atoms with Crippen LogP contribution < -0.4 is 15.8 Å². The number of thiazole rings is 1. The second-order valence-electron chi connectivity index (χ2n) is 5.86. The van der Waals surface area contributed by atoms with Crippen molar-refractivity contribution in [3.63, 3.8) is 0 Å². The summed E-state index contributed by atoms with van der Waals surface area (Å²) >= 11 is 1.68. The zero-order valence-electron chi connectivity index (χ0n) is 15.3. The topological polar surface area (TPSA) is 60.2 Å². The molecule has 4 nitrogen and oxygen atoms in total. The number of hydrogen-bond acceptors (Lipinski definition) is 5. The lowest BCUT2D eigenvalue weighted by Gasteiger charge is -2.28. The predicted octanol–water partition coefficient (Wildman–Crippen LogP) is 4.39. The largest absolute Gasteiger partial charge is 1.00 e. The van der Waals surface area contributed by atoms with E-state index >= 15 is 0 Å². The summed E-state index contributed by atoms with van der Waals surface area (Å²) in [5.41, 5.74) is 7.89. The third-order valence-corrected chi connectivity index (χ3v) is 5.17. The van der Waals surface area contributed by atoms with E-state index in [2.05, 4.69) is 10.7 Å². The standard InChI is InChI=1S/C17H23N3OS.ClH/c1-21-15-8-4-13(5-9-15)16-11-22-17(20-16)19-14-6-2-12(10-18)3-7-14;/h4-5,8-9,11-12,14H,2-3,6-7,10,18H2,1H3,(H,19,20);1H/p+2. The van der Waals surface area contributed by atoms with Gasteiger partial charge in [-0.3, -0.25) is 0 Å². The molecule has 0 bridgehead atoms. The predicted molar refractivity (Wildman–Crippen MR) is 102 cm³/mol. The summed E-state index contributed by atoms with van der Waals surface area (Å²) in [6, 6.07) is 8.57. The molecule has 1 heterocycles. The molecule has 3 rings (SSSR count). The Labute approximate surface area is 150 Å². The van der Waals surface area contributed by atoms with Crippen LogP contribution in [0.15, 0.2) is 29.6 Å². The van der Waals surface area contributed by atoms with Gasteiger partial charge in [-0.05, 0) is 62.4 Å². The van der Waals surface area contributed by atoms with Crippen LogP contribution in [0.5, 0.6) is 5.75 Å². The highest BCUT2D eigenvalue weighted by Gasteiger charge is 2.20. The molecular formula is C17H26ClN3OS+2. The molecule has 0 atom stereocenters. The van der Waals surface area contributed by atoms with Gasteiger partial charge in [0, 0.05) is 17.0 Å². The highest BCUT2D eigenvalue weighted by molar-refractivity contribution is 7.14. The van der Waals surface area contributed by atoms with Crippen molar-refractivity contribution >= 4 is 28.9 Å². The van der Waals surface area contributed by atoms with Crippen LogP contribution in [0.1, 0.15) is 28.5 Å². The number of nitrogens with one attached hydrogen (secondary N) is 1. The maximum absolute atomic E-state index is 5.75. The van der Waals surface area contributed by atoms with Gasteiger partial charge in [0.1, 0.15) is 5.75 Å². The van der Waals surface area contributed by atoms with E-state index in [1.54, 1.807) is 18.4 Å². The van der Waals surface area contributed by atoms with Crippen LogP contribution in [0, 0.1) is 5.92 Å². The van der Waals surface area contributed by atoms with Crippen LogP contribution in [-0.4, -0.2) is 24.7 Å². The molecular weight excluding hydrogens is 330 g/mol. The fraction of sp³-hybridized carbons (Fsp3) is 0.471. The maximum Gasteiger partial charge on any atom is 1.00 e. The number of hydrogen-bond donors (Lipinski definition) is 2. The molecule has 1 aromatic carbocycles. The molecule has 0 amide bonds. The van der Waals surface area contributed by atoms with Crippen molar-refractivity contribution in [3.05, 3.63) is 29.6 Å². The first-order valence-electron chi connectivity index (χ1n) is 7.85. The molecule has 1 aliphatic rings. The normalized spacial score (nSPS) is 20.6. The average Bonchev–Trinajstić information content (AvgIpc) is 3.04. The third kappa shape index (κ3) is 4.59. The van der Waals surface area contributed by atoms with E-state index in [-0.39, 0.29) is 15.3 Å². The second-order valence-corrected chi connectivity index (χ2v) is 6.72. The van der Waals surface area contributed by atoms with Crippen molar-refractivity contribution in [3.8, 4) is 17.0 Å². The molecule has 1 aliphatic carbocycles. The van der Waals surface area contributed by atoms with Crippen LogP contribution in [0.3, 0.4) is 0 Å². The smallest absolute Gasteiger partial charge is 0.497 e. The molecule has 126 valence electrons. The van der Waals surface area contributed by atoms with Gasteiger partial charge in [0.25, 0.3) is 0 Å². The molecule has 0 saturated heterocycles. The molecule has 1 aromatic heterocycles. The number of rotatable bonds is 5. The van der Waals surface area contributed by atoms with E-state index in [0.29, 0.717) is 12.0 Å². The van der Waals surface area contributed by atoms with Gasteiger partial charge in [0.05, 0.1) is 12.8 Å². The lowest BCUT2D eigenvalue weighted by molar-refractivity contribution is 0.345. The van der Waals surface area contributed by atoms with Crippen molar-refractivity contribution in [2.24, 2.45) is 11.7 Å². The van der Waals surface area contributed by atoms with Crippen LogP contribution >= 0.6 is 23.7 Å². The Morgan fingerprint density at radius 3 is 2.57 bits per heavy atom. The summed E-state index contributed by atoms with van der Waals surface area (Å²) in [6.45, 7) is 0.825. The van der Waals surface area contributed by atoms with Crippen LogP contribution in [-0.2, 0) is 0 Å². The van der Waals surface area contributed by atoms with Gasteiger partial charge in [0.2, 0.25) is 0 Å². The Morgan fingerprint density at radius 2 is 1.96 bits per heavy atom. The number of nitrogens with two attached hydrogens (primary N) is 1. The molecule has 6 heteroatoms. The number of benzene rings is 1. The molecule has 0 spiro atoms. The SMILES string of the molecule is COc1ccc(-c2csc(NC3CCC(CN)CC3)n2)cc1.Cl.[H+].[H+]. The number of anilines is 1. The van der Waals surface area contributed by atoms with E-state index in [9.17, 15) is 0 Å². The summed E-state index contributed by atoms with van der Waals surface area (Å²) in [4.78, 5) is 4.71. The van der Waals surface area contributed by atoms with Gasteiger partial charge in [-0.15, -0.1) is 23.7 Å². The van der Waals surface area contributed by atoms with Crippen molar-refractivity contribution in [2.45, 2.75) is 31.7 Å². The van der Waals surface area contributed by atoms with Crippen molar-refractivity contribution in [1.29, 1.82) is 0 Å². The molecule has 3 N–H and O–H groups in total. The number of aromatic nitrogens is 1. The first-order chi connectivity index (χ1) is 10.8. The van der Waals surface area contributed by atoms with Gasteiger partial charge < -0.3 is 15.8 Å². The number of methoxy groups -OCH3 is 1. The number of nitrogens with zero attached hydrogens (tertiary/aromatic N) is 1. The second kappa shape index (κ2) is 8.52. The fourth-order valence-electron chi connectivity index (χ4n) is 2.95. The van der Waals surface area contributed by atoms with E-state index in [1.165, 1.54) is 25.7 Å². The first kappa shape index (κ1) is 18.0. The molecule has 1 saturated carbocycles. The Hall–Kier alpha value is -1.30. The number of ether oxygens (including phenoxy) is 1. The molecule has 23 heavy (non-hydrogen) atoms. The molecule has 1 fully saturated rings. The third-order valence-electron chi connectivity index (χ3n) is 4.40. The Balaban J connectivity index is 0.00000192. The van der Waals surface area contributed by atoms with Gasteiger partial charge >= 0.3 is 2.85 Å². The number of halogens is 1. The van der Waals surface area contributed by atoms with Gasteiger partial charge in [-0.25, -0.2) is 4.98 Å². The zero-order chi connectivity index (χ0) is 15.4. The molecule has 0 unspecified atom stereocenters. The summed E-state index contributed by atoms with van der Waals surface area (Å²) in [5, 5.41) is 6.70. The van der Waals surface area contributed by atoms with E-state index < -0.39 is 0 Å². The molecule has 0 aliphatic heterocycles. The van der Waals surface area contributed by atoms with E-state index in [4.69, 9.17) is 15.5 Å². The van der Waals surface area contributed by atoms with E-state index in [1.807, 2.05) is 24.3 Å². The summed E-state index contributed by atoms with van der Waals surface area (Å²) in [5.74, 6) is 1.58. The van der Waals surface area contributed by atoms with Crippen LogP contribution in [0.2, 0.25) is 0 Å². The zero-order valence-corrected chi connectivity index (χ0v) is 15.0. The molecule has 0 radical (unpaired) electrons. The van der Waals surface area contributed by atoms with Crippen molar-refractivity contribution in [1.82, 2.24) is 4.98 Å². The van der Waals surface area contributed by atoms with Gasteiger partial charge in [-0.2, -0.15) is 0 Å². The highest BCUT2D eigenvalue weighted by atomic mass is 35.5. The Kier molecular flexibility index (Phi) is 6.69. The van der Waals surface area contributed by atoms with Gasteiger partial charge in [0.15, 0.2) is 5.13 Å². The summed E-state index contributed by atoms with van der Waals surface area (Å²) in [6.07, 6.45) is 4.84. The van der Waals surface area contributed by atoms with Crippen LogP contribution in [0.25, 0.3) is 11.3 Å². The molecule has 2 aromatic rings. The average molecular weight is 356 g/mol. The summed E-state index contributed by atoms with van der Waals surface area (Å²) < 4.78 is 5.19. The maximum atomic E-state index is 5.75. The minimum absolute atomic E-state index is 0. The lowest BCUT2D eigenvalue weighted by Crippen LogP contribution is -2.29. The lowest BCUT2D eigenvalue weighted by atomic mass is 9.86. The minimum atomic E-state index is 0. The van der Waals surface area contributed by atoms with E-state index in [0.717, 1.165) is 28.7 Å². The summed E-state index contributed by atoms with van der Waals surface area (Å²) in [7, 11) is 1.68. The Morgan fingerprint density at radius 1 is 1.26 bits per heavy atom. The highest BCUT2D eigenvalue weighted by Crippen LogP contribution is 2.30. The quantitative estimate of drug-likeness (QED) is 0.834. The van der Waals surface area contributed by atoms with Gasteiger partial charge in [-0.1, -0.05) is 0 Å². The first-order valence-corrected chi connectivity index (χ1v) is 8.73.